The quantitative estimate of drug-likeness (QED) is 0.562. The van der Waals surface area contributed by atoms with E-state index in [-0.39, 0.29) is 12.5 Å². The number of carbonyl (C=O) groups is 1. The number of ether oxygens (including phenoxy) is 2. The molecule has 0 spiro atoms. The lowest BCUT2D eigenvalue weighted by molar-refractivity contribution is -0.140. The number of aliphatic carboxylic acids is 1. The second-order valence-corrected chi connectivity index (χ2v) is 7.64. The molecule has 27 heavy (non-hydrogen) atoms. The Balaban J connectivity index is 2.28. The summed E-state index contributed by atoms with van der Waals surface area (Å²) in [7, 11) is 1.57. The Bertz CT molecular complexity index is 798. The molecule has 0 aliphatic heterocycles. The van der Waals surface area contributed by atoms with Crippen LogP contribution in [0.25, 0.3) is 0 Å². The molecule has 0 saturated carbocycles. The van der Waals surface area contributed by atoms with Crippen LogP contribution in [0.5, 0.6) is 11.5 Å². The van der Waals surface area contributed by atoms with Crippen molar-refractivity contribution in [1.29, 1.82) is 0 Å². The number of methoxy groups -OCH3 is 1. The normalized spacial score (nSPS) is 12.1. The fourth-order valence-electron chi connectivity index (χ4n) is 2.65. The van der Waals surface area contributed by atoms with Gasteiger partial charge >= 0.3 is 5.97 Å². The summed E-state index contributed by atoms with van der Waals surface area (Å²) in [5, 5.41) is 13.1. The molecular formula is C20H23BrClNO4. The molecule has 0 bridgehead atoms. The lowest BCUT2D eigenvalue weighted by Crippen LogP contribution is -2.40. The summed E-state index contributed by atoms with van der Waals surface area (Å²) in [5.41, 5.74) is 1.64. The lowest BCUT2D eigenvalue weighted by atomic mass is 10.0. The van der Waals surface area contributed by atoms with Gasteiger partial charge in [-0.2, -0.15) is 0 Å². The van der Waals surface area contributed by atoms with E-state index in [0.717, 1.165) is 15.6 Å². The van der Waals surface area contributed by atoms with E-state index in [1.807, 2.05) is 38.1 Å². The zero-order chi connectivity index (χ0) is 20.0. The van der Waals surface area contributed by atoms with Gasteiger partial charge in [-0.3, -0.25) is 10.1 Å². The standard InChI is InChI=1S/C20H23BrClNO4/c1-12(2)18(20(24)25)23-10-14-15(21)8-9-17(26-3)19(14)27-11-13-6-4-5-7-16(13)22/h4-9,12,18,23H,10-11H2,1-3H3,(H,24,25). The van der Waals surface area contributed by atoms with Gasteiger partial charge in [-0.15, -0.1) is 0 Å². The van der Waals surface area contributed by atoms with Crippen LogP contribution in [0.3, 0.4) is 0 Å². The van der Waals surface area contributed by atoms with Crippen LogP contribution in [0.1, 0.15) is 25.0 Å². The molecule has 5 nitrogen and oxygen atoms in total. The number of rotatable bonds is 9. The highest BCUT2D eigenvalue weighted by atomic mass is 79.9. The van der Waals surface area contributed by atoms with Gasteiger partial charge in [-0.05, 0) is 24.1 Å². The van der Waals surface area contributed by atoms with Crippen LogP contribution < -0.4 is 14.8 Å². The third kappa shape index (κ3) is 5.61. The van der Waals surface area contributed by atoms with Crippen molar-refractivity contribution in [3.8, 4) is 11.5 Å². The summed E-state index contributed by atoms with van der Waals surface area (Å²) < 4.78 is 12.3. The maximum absolute atomic E-state index is 11.5. The van der Waals surface area contributed by atoms with E-state index >= 15 is 0 Å². The topological polar surface area (TPSA) is 67.8 Å². The van der Waals surface area contributed by atoms with E-state index in [1.165, 1.54) is 0 Å². The maximum Gasteiger partial charge on any atom is 0.320 e. The molecule has 2 N–H and O–H groups in total. The van der Waals surface area contributed by atoms with Gasteiger partial charge < -0.3 is 14.6 Å². The van der Waals surface area contributed by atoms with Crippen LogP contribution in [0, 0.1) is 5.92 Å². The van der Waals surface area contributed by atoms with Crippen LogP contribution in [0.2, 0.25) is 5.02 Å². The molecule has 2 rings (SSSR count). The first kappa shape index (κ1) is 21.5. The van der Waals surface area contributed by atoms with E-state index in [4.69, 9.17) is 21.1 Å². The van der Waals surface area contributed by atoms with Crippen molar-refractivity contribution in [1.82, 2.24) is 5.32 Å². The number of carboxylic acid groups (broad SMARTS) is 1. The molecular weight excluding hydrogens is 434 g/mol. The van der Waals surface area contributed by atoms with Crippen LogP contribution in [0.4, 0.5) is 0 Å². The van der Waals surface area contributed by atoms with Crippen LogP contribution in [0.15, 0.2) is 40.9 Å². The van der Waals surface area contributed by atoms with Gasteiger partial charge in [0.15, 0.2) is 11.5 Å². The van der Waals surface area contributed by atoms with Gasteiger partial charge in [0.25, 0.3) is 0 Å². The van der Waals surface area contributed by atoms with Gasteiger partial charge in [0.2, 0.25) is 0 Å². The average molecular weight is 457 g/mol. The molecule has 1 unspecified atom stereocenters. The zero-order valence-corrected chi connectivity index (χ0v) is 17.8. The van der Waals surface area contributed by atoms with Gasteiger partial charge in [0.05, 0.1) is 7.11 Å². The van der Waals surface area contributed by atoms with Crippen molar-refractivity contribution >= 4 is 33.5 Å². The molecule has 0 radical (unpaired) electrons. The first-order valence-electron chi connectivity index (χ1n) is 8.52. The zero-order valence-electron chi connectivity index (χ0n) is 15.5. The average Bonchev–Trinajstić information content (AvgIpc) is 2.62. The van der Waals surface area contributed by atoms with Crippen molar-refractivity contribution in [2.45, 2.75) is 33.0 Å². The number of hydrogen-bond donors (Lipinski definition) is 2. The molecule has 7 heteroatoms. The van der Waals surface area contributed by atoms with Crippen LogP contribution in [-0.4, -0.2) is 24.2 Å². The van der Waals surface area contributed by atoms with Crippen molar-refractivity contribution in [2.75, 3.05) is 7.11 Å². The molecule has 1 atom stereocenters. The summed E-state index contributed by atoms with van der Waals surface area (Å²) in [5.74, 6) is 0.174. The predicted octanol–water partition coefficient (Wildman–Crippen LogP) is 4.89. The molecule has 0 aliphatic rings. The second-order valence-electron chi connectivity index (χ2n) is 6.38. The molecule has 0 heterocycles. The highest BCUT2D eigenvalue weighted by Crippen LogP contribution is 2.37. The third-order valence-electron chi connectivity index (χ3n) is 4.15. The number of carboxylic acids is 1. The fraction of sp³-hybridized carbons (Fsp3) is 0.350. The molecule has 146 valence electrons. The third-order valence-corrected chi connectivity index (χ3v) is 5.26. The molecule has 0 aromatic heterocycles. The molecule has 0 aliphatic carbocycles. The van der Waals surface area contributed by atoms with E-state index in [1.54, 1.807) is 19.2 Å². The highest BCUT2D eigenvalue weighted by Gasteiger charge is 2.23. The van der Waals surface area contributed by atoms with E-state index < -0.39 is 12.0 Å². The summed E-state index contributed by atoms with van der Waals surface area (Å²) >= 11 is 9.74. The summed E-state index contributed by atoms with van der Waals surface area (Å²) in [6.07, 6.45) is 0. The SMILES string of the molecule is COc1ccc(Br)c(CNC(C(=O)O)C(C)C)c1OCc1ccccc1Cl. The monoisotopic (exact) mass is 455 g/mol. The Labute approximate surface area is 172 Å². The smallest absolute Gasteiger partial charge is 0.320 e. The van der Waals surface area contributed by atoms with Crippen molar-refractivity contribution < 1.29 is 19.4 Å². The Morgan fingerprint density at radius 1 is 1.26 bits per heavy atom. The predicted molar refractivity (Wildman–Crippen MR) is 110 cm³/mol. The second kappa shape index (κ2) is 9.97. The number of benzene rings is 2. The van der Waals surface area contributed by atoms with Gasteiger partial charge in [-0.1, -0.05) is 59.6 Å². The maximum atomic E-state index is 11.5. The first-order valence-corrected chi connectivity index (χ1v) is 9.70. The number of nitrogens with one attached hydrogen (secondary N) is 1. The van der Waals surface area contributed by atoms with Gasteiger partial charge in [0.1, 0.15) is 12.6 Å². The fourth-order valence-corrected chi connectivity index (χ4v) is 3.29. The van der Waals surface area contributed by atoms with Gasteiger partial charge in [-0.25, -0.2) is 0 Å². The minimum absolute atomic E-state index is 0.0561. The minimum atomic E-state index is -0.887. The van der Waals surface area contributed by atoms with Crippen molar-refractivity contribution in [2.24, 2.45) is 5.92 Å². The summed E-state index contributed by atoms with van der Waals surface area (Å²) in [6, 6.07) is 10.4. The van der Waals surface area contributed by atoms with E-state index in [2.05, 4.69) is 21.2 Å². The Morgan fingerprint density at radius 3 is 2.56 bits per heavy atom. The highest BCUT2D eigenvalue weighted by molar-refractivity contribution is 9.10. The van der Waals surface area contributed by atoms with Crippen LogP contribution >= 0.6 is 27.5 Å². The van der Waals surface area contributed by atoms with Crippen molar-refractivity contribution in [3.05, 3.63) is 57.0 Å². The molecule has 0 amide bonds. The first-order chi connectivity index (χ1) is 12.8. The van der Waals surface area contributed by atoms with Gasteiger partial charge in [0, 0.05) is 27.2 Å². The molecule has 2 aromatic carbocycles. The van der Waals surface area contributed by atoms with E-state index in [9.17, 15) is 9.90 Å². The molecule has 2 aromatic rings. The molecule has 0 fully saturated rings. The lowest BCUT2D eigenvalue weighted by Gasteiger charge is -2.21. The van der Waals surface area contributed by atoms with Crippen LogP contribution in [-0.2, 0) is 17.9 Å². The van der Waals surface area contributed by atoms with Crippen molar-refractivity contribution in [3.63, 3.8) is 0 Å². The Morgan fingerprint density at radius 2 is 1.96 bits per heavy atom. The number of hydrogen-bond acceptors (Lipinski definition) is 4. The Kier molecular flexibility index (Phi) is 7.95. The summed E-state index contributed by atoms with van der Waals surface area (Å²) in [6.45, 7) is 4.30. The summed E-state index contributed by atoms with van der Waals surface area (Å²) in [4.78, 5) is 11.5. The minimum Gasteiger partial charge on any atom is -0.493 e. The Hall–Kier alpha value is -1.76. The van der Waals surface area contributed by atoms with E-state index in [0.29, 0.717) is 23.1 Å². The number of halogens is 2. The molecule has 0 saturated heterocycles. The largest absolute Gasteiger partial charge is 0.493 e.